The van der Waals surface area contributed by atoms with E-state index >= 15 is 0 Å². The van der Waals surface area contributed by atoms with E-state index in [0.29, 0.717) is 5.92 Å². The highest BCUT2D eigenvalue weighted by Crippen LogP contribution is 2.34. The number of fused-ring (bicyclic) bond motifs is 1. The van der Waals surface area contributed by atoms with Crippen molar-refractivity contribution in [3.8, 4) is 0 Å². The fourth-order valence-corrected chi connectivity index (χ4v) is 5.95. The van der Waals surface area contributed by atoms with Crippen LogP contribution in [0, 0.1) is 5.92 Å². The van der Waals surface area contributed by atoms with Crippen LogP contribution in [0.15, 0.2) is 76.8 Å². The quantitative estimate of drug-likeness (QED) is 0.356. The lowest BCUT2D eigenvalue weighted by Gasteiger charge is -2.32. The lowest BCUT2D eigenvalue weighted by molar-refractivity contribution is -0.117. The number of benzene rings is 2. The molecule has 2 aromatic heterocycles. The number of halogens is 2. The Hall–Kier alpha value is -2.51. The highest BCUT2D eigenvalue weighted by atomic mass is 35.5. The van der Waals surface area contributed by atoms with Gasteiger partial charge in [-0.3, -0.25) is 14.1 Å². The van der Waals surface area contributed by atoms with E-state index in [2.05, 4.69) is 62.1 Å². The molecule has 2 aliphatic heterocycles. The third kappa shape index (κ3) is 5.21. The number of imidazole rings is 1. The van der Waals surface area contributed by atoms with E-state index in [0.717, 1.165) is 60.3 Å². The molecule has 2 aliphatic rings. The first-order valence-electron chi connectivity index (χ1n) is 11.6. The van der Waals surface area contributed by atoms with Crippen molar-refractivity contribution in [3.63, 3.8) is 0 Å². The lowest BCUT2D eigenvalue weighted by Crippen LogP contribution is -2.38. The summed E-state index contributed by atoms with van der Waals surface area (Å²) in [5.74, 6) is 0.545. The average Bonchev–Trinajstić information content (AvgIpc) is 3.28. The van der Waals surface area contributed by atoms with Gasteiger partial charge in [-0.1, -0.05) is 60.3 Å². The molecule has 1 saturated heterocycles. The molecule has 0 spiro atoms. The zero-order chi connectivity index (χ0) is 22.2. The van der Waals surface area contributed by atoms with Crippen LogP contribution in [0.2, 0.25) is 0 Å². The van der Waals surface area contributed by atoms with Crippen LogP contribution in [-0.2, 0) is 11.3 Å². The van der Waals surface area contributed by atoms with Crippen LogP contribution >= 0.6 is 36.6 Å². The molecule has 182 valence electrons. The number of rotatable bonds is 5. The molecule has 2 aromatic carbocycles. The van der Waals surface area contributed by atoms with Crippen LogP contribution in [0.1, 0.15) is 24.1 Å². The second-order valence-electron chi connectivity index (χ2n) is 8.92. The van der Waals surface area contributed by atoms with Gasteiger partial charge in [0, 0.05) is 13.1 Å². The van der Waals surface area contributed by atoms with Gasteiger partial charge < -0.3 is 5.32 Å². The Morgan fingerprint density at radius 2 is 1.77 bits per heavy atom. The van der Waals surface area contributed by atoms with Crippen molar-refractivity contribution in [2.45, 2.75) is 24.4 Å². The van der Waals surface area contributed by atoms with E-state index in [4.69, 9.17) is 0 Å². The van der Waals surface area contributed by atoms with Gasteiger partial charge in [0.15, 0.2) is 0 Å². The number of carbonyl (C=O) groups is 1. The minimum Gasteiger partial charge on any atom is -0.351 e. The molecule has 6 rings (SSSR count). The van der Waals surface area contributed by atoms with Crippen LogP contribution in [0.25, 0.3) is 22.5 Å². The highest BCUT2D eigenvalue weighted by molar-refractivity contribution is 8.04. The van der Waals surface area contributed by atoms with Crippen molar-refractivity contribution >= 4 is 65.0 Å². The minimum atomic E-state index is 0. The van der Waals surface area contributed by atoms with Gasteiger partial charge in [0.05, 0.1) is 21.8 Å². The van der Waals surface area contributed by atoms with E-state index < -0.39 is 0 Å². The fraction of sp³-hybridized carbons (Fsp3) is 0.259. The molecule has 4 aromatic rings. The number of hydrogen-bond donors (Lipinski definition) is 1. The molecule has 0 aliphatic carbocycles. The minimum absolute atomic E-state index is 0. The lowest BCUT2D eigenvalue weighted by atomic mass is 9.96. The summed E-state index contributed by atoms with van der Waals surface area (Å²) in [7, 11) is 0. The molecule has 5 nitrogen and oxygen atoms in total. The maximum atomic E-state index is 12.9. The van der Waals surface area contributed by atoms with Crippen LogP contribution in [0.4, 0.5) is 0 Å². The molecule has 0 saturated carbocycles. The molecule has 4 heterocycles. The zero-order valence-electron chi connectivity index (χ0n) is 19.2. The molecule has 1 N–H and O–H groups in total. The van der Waals surface area contributed by atoms with Gasteiger partial charge in [-0.05, 0) is 66.4 Å². The number of nitrogens with one attached hydrogen (secondary N) is 1. The van der Waals surface area contributed by atoms with Crippen LogP contribution in [0.3, 0.4) is 0 Å². The first-order chi connectivity index (χ1) is 16.2. The van der Waals surface area contributed by atoms with Crippen molar-refractivity contribution in [3.05, 3.63) is 83.0 Å². The van der Waals surface area contributed by atoms with E-state index in [-0.39, 0.29) is 30.7 Å². The molecule has 0 radical (unpaired) electrons. The number of carbonyl (C=O) groups excluding carboxylic acids is 1. The first kappa shape index (κ1) is 25.6. The van der Waals surface area contributed by atoms with E-state index in [9.17, 15) is 4.79 Å². The summed E-state index contributed by atoms with van der Waals surface area (Å²) in [6.07, 6.45) is 6.00. The number of pyridine rings is 1. The second kappa shape index (κ2) is 11.0. The van der Waals surface area contributed by atoms with Crippen LogP contribution in [0.5, 0.6) is 0 Å². The Morgan fingerprint density at radius 1 is 1.00 bits per heavy atom. The Labute approximate surface area is 221 Å². The molecule has 0 unspecified atom stereocenters. The molecule has 35 heavy (non-hydrogen) atoms. The number of aromatic nitrogens is 2. The monoisotopic (exact) mass is 526 g/mol. The van der Waals surface area contributed by atoms with Gasteiger partial charge in [-0.25, -0.2) is 4.98 Å². The number of hydrogen-bond acceptors (Lipinski definition) is 4. The first-order valence-corrected chi connectivity index (χ1v) is 12.4. The average molecular weight is 528 g/mol. The second-order valence-corrected chi connectivity index (χ2v) is 9.98. The smallest absolute Gasteiger partial charge is 0.258 e. The Kier molecular flexibility index (Phi) is 8.07. The summed E-state index contributed by atoms with van der Waals surface area (Å²) in [5, 5.41) is 6.88. The maximum Gasteiger partial charge on any atom is 0.258 e. The number of amides is 1. The number of nitrogens with zero attached hydrogens (tertiary/aromatic N) is 3. The molecule has 0 atom stereocenters. The van der Waals surface area contributed by atoms with Crippen molar-refractivity contribution in [1.29, 1.82) is 0 Å². The summed E-state index contributed by atoms with van der Waals surface area (Å²) >= 11 is 1.52. The van der Waals surface area contributed by atoms with Gasteiger partial charge in [0.2, 0.25) is 0 Å². The molecule has 0 bridgehead atoms. The van der Waals surface area contributed by atoms with E-state index in [1.807, 2.05) is 30.5 Å². The van der Waals surface area contributed by atoms with Crippen molar-refractivity contribution in [2.24, 2.45) is 5.92 Å². The van der Waals surface area contributed by atoms with Gasteiger partial charge in [-0.15, -0.1) is 24.8 Å². The topological polar surface area (TPSA) is 49.6 Å². The summed E-state index contributed by atoms with van der Waals surface area (Å²) < 4.78 is 2.09. The highest BCUT2D eigenvalue weighted by Gasteiger charge is 2.23. The SMILES string of the molecule is Cl.Cl.O=C(NCC1CCN(Cc2cccc3ccccc23)CC1)C1=Cc2cnc3cccc(n23)S1. The maximum absolute atomic E-state index is 12.9. The van der Waals surface area contributed by atoms with Gasteiger partial charge in [-0.2, -0.15) is 0 Å². The Bertz CT molecular complexity index is 1370. The third-order valence-electron chi connectivity index (χ3n) is 6.77. The van der Waals surface area contributed by atoms with E-state index in [1.54, 1.807) is 0 Å². The predicted molar refractivity (Wildman–Crippen MR) is 148 cm³/mol. The number of piperidine rings is 1. The fourth-order valence-electron chi connectivity index (χ4n) is 4.94. The summed E-state index contributed by atoms with van der Waals surface area (Å²) in [4.78, 5) is 20.6. The normalized spacial score (nSPS) is 15.8. The molecular weight excluding hydrogens is 499 g/mol. The summed E-state index contributed by atoms with van der Waals surface area (Å²) in [6.45, 7) is 3.87. The van der Waals surface area contributed by atoms with Gasteiger partial charge >= 0.3 is 0 Å². The van der Waals surface area contributed by atoms with E-state index in [1.165, 1.54) is 28.1 Å². The van der Waals surface area contributed by atoms with Crippen molar-refractivity contribution in [1.82, 2.24) is 19.6 Å². The summed E-state index contributed by atoms with van der Waals surface area (Å²) in [6, 6.07) is 21.2. The zero-order valence-corrected chi connectivity index (χ0v) is 21.7. The molecular formula is C27H28Cl2N4OS. The van der Waals surface area contributed by atoms with Crippen molar-refractivity contribution in [2.75, 3.05) is 19.6 Å². The molecule has 1 amide bonds. The number of likely N-dealkylation sites (tertiary alicyclic amines) is 1. The largest absolute Gasteiger partial charge is 0.351 e. The van der Waals surface area contributed by atoms with Crippen LogP contribution < -0.4 is 5.32 Å². The Morgan fingerprint density at radius 3 is 2.63 bits per heavy atom. The standard InChI is InChI=1S/C27H26N4OS.2ClH/c32-27(24-15-22-17-28-25-9-4-10-26(33-24)31(22)25)29-16-19-11-13-30(14-12-19)18-21-7-3-6-20-5-1-2-8-23(20)21;;/h1-10,15,17,19H,11-14,16,18H2,(H,29,32);2*1H. The third-order valence-corrected chi connectivity index (χ3v) is 7.82. The van der Waals surface area contributed by atoms with Gasteiger partial charge in [0.25, 0.3) is 5.91 Å². The predicted octanol–water partition coefficient (Wildman–Crippen LogP) is 5.81. The summed E-state index contributed by atoms with van der Waals surface area (Å²) in [5.41, 5.74) is 3.28. The molecule has 1 fully saturated rings. The van der Waals surface area contributed by atoms with Gasteiger partial charge in [0.1, 0.15) is 5.65 Å². The Balaban J connectivity index is 0.00000144. The number of thioether (sulfide) groups is 1. The van der Waals surface area contributed by atoms with Crippen LogP contribution in [-0.4, -0.2) is 39.8 Å². The van der Waals surface area contributed by atoms with Crippen molar-refractivity contribution < 1.29 is 4.79 Å². The molecule has 8 heteroatoms.